The number of rotatable bonds is 3. The molecule has 2 N–H and O–H groups in total. The van der Waals surface area contributed by atoms with E-state index < -0.39 is 0 Å². The van der Waals surface area contributed by atoms with Gasteiger partial charge >= 0.3 is 6.03 Å². The van der Waals surface area contributed by atoms with Crippen LogP contribution in [0.1, 0.15) is 38.8 Å². The van der Waals surface area contributed by atoms with E-state index >= 15 is 0 Å². The van der Waals surface area contributed by atoms with Gasteiger partial charge in [-0.05, 0) is 43.5 Å². The highest BCUT2D eigenvalue weighted by atomic mass is 16.2. The van der Waals surface area contributed by atoms with Crippen LogP contribution in [0.4, 0.5) is 10.5 Å². The van der Waals surface area contributed by atoms with Crippen molar-refractivity contribution in [3.8, 4) is 0 Å². The fourth-order valence-corrected chi connectivity index (χ4v) is 2.51. The molecular weight excluding hydrogens is 250 g/mol. The number of amides is 2. The van der Waals surface area contributed by atoms with E-state index in [2.05, 4.69) is 31.4 Å². The molecular formula is C16H25N3O. The second-order valence-electron chi connectivity index (χ2n) is 6.40. The molecule has 1 aliphatic rings. The van der Waals surface area contributed by atoms with Crippen molar-refractivity contribution in [2.75, 3.05) is 25.5 Å². The zero-order valence-corrected chi connectivity index (χ0v) is 12.9. The Morgan fingerprint density at radius 2 is 1.95 bits per heavy atom. The maximum atomic E-state index is 12.2. The average molecular weight is 275 g/mol. The smallest absolute Gasteiger partial charge is 0.321 e. The lowest BCUT2D eigenvalue weighted by Gasteiger charge is -2.20. The summed E-state index contributed by atoms with van der Waals surface area (Å²) in [5.74, 6) is 0. The van der Waals surface area contributed by atoms with Crippen LogP contribution >= 0.6 is 0 Å². The van der Waals surface area contributed by atoms with Gasteiger partial charge in [-0.2, -0.15) is 0 Å². The van der Waals surface area contributed by atoms with Gasteiger partial charge in [0.15, 0.2) is 0 Å². The Bertz CT molecular complexity index is 467. The fraction of sp³-hybridized carbons (Fsp3) is 0.562. The van der Waals surface area contributed by atoms with Gasteiger partial charge in [-0.25, -0.2) is 4.79 Å². The molecule has 0 saturated carbocycles. The van der Waals surface area contributed by atoms with Gasteiger partial charge in [0.25, 0.3) is 0 Å². The molecule has 1 unspecified atom stereocenters. The van der Waals surface area contributed by atoms with Gasteiger partial charge in [0, 0.05) is 24.8 Å². The molecule has 0 bridgehead atoms. The average Bonchev–Trinajstić information content (AvgIpc) is 2.79. The SMILES string of the molecule is CNC(C)c1ccc(NC(=O)N2CCC(C)(C)C2)cc1. The summed E-state index contributed by atoms with van der Waals surface area (Å²) in [4.78, 5) is 14.1. The molecule has 110 valence electrons. The topological polar surface area (TPSA) is 44.4 Å². The summed E-state index contributed by atoms with van der Waals surface area (Å²) < 4.78 is 0. The summed E-state index contributed by atoms with van der Waals surface area (Å²) >= 11 is 0. The van der Waals surface area contributed by atoms with E-state index in [1.807, 2.05) is 36.2 Å². The third-order valence-electron chi connectivity index (χ3n) is 4.06. The number of carbonyl (C=O) groups is 1. The van der Waals surface area contributed by atoms with Crippen LogP contribution in [-0.4, -0.2) is 31.1 Å². The molecule has 0 radical (unpaired) electrons. The van der Waals surface area contributed by atoms with Crippen molar-refractivity contribution in [3.05, 3.63) is 29.8 Å². The first-order valence-electron chi connectivity index (χ1n) is 7.24. The molecule has 4 heteroatoms. The van der Waals surface area contributed by atoms with Crippen LogP contribution in [0.5, 0.6) is 0 Å². The first-order valence-corrected chi connectivity index (χ1v) is 7.24. The summed E-state index contributed by atoms with van der Waals surface area (Å²) in [5.41, 5.74) is 2.31. The fourth-order valence-electron chi connectivity index (χ4n) is 2.51. The molecule has 4 nitrogen and oxygen atoms in total. The zero-order chi connectivity index (χ0) is 14.8. The van der Waals surface area contributed by atoms with Crippen LogP contribution in [0.3, 0.4) is 0 Å². The molecule has 1 atom stereocenters. The molecule has 1 saturated heterocycles. The second kappa shape index (κ2) is 5.83. The number of hydrogen-bond acceptors (Lipinski definition) is 2. The van der Waals surface area contributed by atoms with E-state index in [0.717, 1.165) is 25.2 Å². The van der Waals surface area contributed by atoms with Gasteiger partial charge < -0.3 is 15.5 Å². The Balaban J connectivity index is 1.95. The van der Waals surface area contributed by atoms with Gasteiger partial charge in [-0.3, -0.25) is 0 Å². The number of anilines is 1. The van der Waals surface area contributed by atoms with Crippen molar-refractivity contribution in [1.29, 1.82) is 0 Å². The maximum absolute atomic E-state index is 12.2. The summed E-state index contributed by atoms with van der Waals surface area (Å²) in [7, 11) is 1.94. The monoisotopic (exact) mass is 275 g/mol. The van der Waals surface area contributed by atoms with Gasteiger partial charge in [-0.15, -0.1) is 0 Å². The second-order valence-corrected chi connectivity index (χ2v) is 6.40. The predicted molar refractivity (Wildman–Crippen MR) is 82.9 cm³/mol. The Hall–Kier alpha value is -1.55. The van der Waals surface area contributed by atoms with E-state index in [1.54, 1.807) is 0 Å². The lowest BCUT2D eigenvalue weighted by Crippen LogP contribution is -2.34. The largest absolute Gasteiger partial charge is 0.324 e. The highest BCUT2D eigenvalue weighted by Crippen LogP contribution is 2.29. The van der Waals surface area contributed by atoms with Crippen molar-refractivity contribution in [2.24, 2.45) is 5.41 Å². The van der Waals surface area contributed by atoms with E-state index in [9.17, 15) is 4.79 Å². The third-order valence-corrected chi connectivity index (χ3v) is 4.06. The molecule has 2 amide bonds. The molecule has 1 heterocycles. The van der Waals surface area contributed by atoms with E-state index in [4.69, 9.17) is 0 Å². The Morgan fingerprint density at radius 1 is 1.30 bits per heavy atom. The van der Waals surface area contributed by atoms with E-state index in [0.29, 0.717) is 6.04 Å². The number of benzene rings is 1. The summed E-state index contributed by atoms with van der Waals surface area (Å²) in [6.45, 7) is 8.18. The number of likely N-dealkylation sites (tertiary alicyclic amines) is 1. The minimum absolute atomic E-state index is 0.00462. The summed E-state index contributed by atoms with van der Waals surface area (Å²) in [6.07, 6.45) is 1.07. The standard InChI is InChI=1S/C16H25N3O/c1-12(17-4)13-5-7-14(8-6-13)18-15(20)19-10-9-16(2,3)11-19/h5-8,12,17H,9-11H2,1-4H3,(H,18,20). The molecule has 1 fully saturated rings. The van der Waals surface area contributed by atoms with Crippen LogP contribution in [0, 0.1) is 5.41 Å². The van der Waals surface area contributed by atoms with Gasteiger partial charge in [0.1, 0.15) is 0 Å². The lowest BCUT2D eigenvalue weighted by atomic mass is 9.93. The normalized spacial score (nSPS) is 18.9. The molecule has 1 aromatic rings. The lowest BCUT2D eigenvalue weighted by molar-refractivity contribution is 0.217. The Labute approximate surface area is 121 Å². The van der Waals surface area contributed by atoms with Crippen molar-refractivity contribution in [3.63, 3.8) is 0 Å². The van der Waals surface area contributed by atoms with Crippen molar-refractivity contribution in [2.45, 2.75) is 33.2 Å². The van der Waals surface area contributed by atoms with Crippen LogP contribution in [0.2, 0.25) is 0 Å². The van der Waals surface area contributed by atoms with Gasteiger partial charge in [0.2, 0.25) is 0 Å². The van der Waals surface area contributed by atoms with Crippen LogP contribution < -0.4 is 10.6 Å². The summed E-state index contributed by atoms with van der Waals surface area (Å²) in [6, 6.07) is 8.34. The number of carbonyl (C=O) groups excluding carboxylic acids is 1. The predicted octanol–water partition coefficient (Wildman–Crippen LogP) is 3.23. The number of urea groups is 1. The number of nitrogens with zero attached hydrogens (tertiary/aromatic N) is 1. The minimum Gasteiger partial charge on any atom is -0.324 e. The van der Waals surface area contributed by atoms with Crippen molar-refractivity contribution >= 4 is 11.7 Å². The Kier molecular flexibility index (Phi) is 4.33. The van der Waals surface area contributed by atoms with Crippen LogP contribution in [0.15, 0.2) is 24.3 Å². The Morgan fingerprint density at radius 3 is 2.45 bits per heavy atom. The summed E-state index contributed by atoms with van der Waals surface area (Å²) in [5, 5.41) is 6.17. The zero-order valence-electron chi connectivity index (χ0n) is 12.9. The van der Waals surface area contributed by atoms with Crippen LogP contribution in [0.25, 0.3) is 0 Å². The number of nitrogens with one attached hydrogen (secondary N) is 2. The molecule has 1 aromatic carbocycles. The molecule has 1 aliphatic heterocycles. The van der Waals surface area contributed by atoms with E-state index in [1.165, 1.54) is 5.56 Å². The highest BCUT2D eigenvalue weighted by Gasteiger charge is 2.31. The third kappa shape index (κ3) is 3.51. The molecule has 0 aliphatic carbocycles. The van der Waals surface area contributed by atoms with Gasteiger partial charge in [0.05, 0.1) is 0 Å². The molecule has 20 heavy (non-hydrogen) atoms. The minimum atomic E-state index is 0.00462. The molecule has 0 aromatic heterocycles. The van der Waals surface area contributed by atoms with Gasteiger partial charge in [-0.1, -0.05) is 26.0 Å². The first kappa shape index (κ1) is 14.9. The molecule has 2 rings (SSSR count). The first-order chi connectivity index (χ1) is 9.41. The maximum Gasteiger partial charge on any atom is 0.321 e. The van der Waals surface area contributed by atoms with Crippen molar-refractivity contribution in [1.82, 2.24) is 10.2 Å². The van der Waals surface area contributed by atoms with Crippen LogP contribution in [-0.2, 0) is 0 Å². The number of hydrogen-bond donors (Lipinski definition) is 2. The molecule has 0 spiro atoms. The van der Waals surface area contributed by atoms with E-state index in [-0.39, 0.29) is 11.4 Å². The van der Waals surface area contributed by atoms with Crippen molar-refractivity contribution < 1.29 is 4.79 Å². The quantitative estimate of drug-likeness (QED) is 0.889. The highest BCUT2D eigenvalue weighted by molar-refractivity contribution is 5.89.